The van der Waals surface area contributed by atoms with Gasteiger partial charge in [0, 0.05) is 13.2 Å². The first-order chi connectivity index (χ1) is 8.91. The molecule has 0 amide bonds. The van der Waals surface area contributed by atoms with Gasteiger partial charge in [0.25, 0.3) is 0 Å². The van der Waals surface area contributed by atoms with Crippen molar-refractivity contribution in [2.45, 2.75) is 90.4 Å². The molecule has 0 aromatic carbocycles. The van der Waals surface area contributed by atoms with Crippen molar-refractivity contribution >= 4 is 0 Å². The van der Waals surface area contributed by atoms with Crippen LogP contribution in [0.1, 0.15) is 90.4 Å². The second-order valence-corrected chi connectivity index (χ2v) is 5.36. The largest absolute Gasteiger partial charge is 0.381 e. The maximum atomic E-state index is 5.47. The molecule has 0 spiro atoms. The van der Waals surface area contributed by atoms with E-state index in [9.17, 15) is 0 Å². The molecule has 0 aromatic heterocycles. The lowest BCUT2D eigenvalue weighted by Crippen LogP contribution is -1.95. The van der Waals surface area contributed by atoms with Crippen LogP contribution < -0.4 is 0 Å². The summed E-state index contributed by atoms with van der Waals surface area (Å²) in [5, 5.41) is 0. The van der Waals surface area contributed by atoms with Gasteiger partial charge in [-0.1, -0.05) is 84.5 Å². The van der Waals surface area contributed by atoms with Crippen LogP contribution in [-0.2, 0) is 4.74 Å². The fraction of sp³-hybridized carbons (Fsp3) is 0.941. The molecule has 1 nitrogen and oxygen atoms in total. The molecule has 0 bridgehead atoms. The summed E-state index contributed by atoms with van der Waals surface area (Å²) in [5.41, 5.74) is 0. The molecule has 0 aliphatic heterocycles. The molecule has 0 N–H and O–H groups in total. The molecule has 0 unspecified atom stereocenters. The Labute approximate surface area is 116 Å². The summed E-state index contributed by atoms with van der Waals surface area (Å²) in [6, 6.07) is 0. The van der Waals surface area contributed by atoms with Crippen molar-refractivity contribution in [2.24, 2.45) is 0 Å². The van der Waals surface area contributed by atoms with Crippen LogP contribution in [0.5, 0.6) is 0 Å². The predicted octanol–water partition coefficient (Wildman–Crippen LogP) is 5.93. The van der Waals surface area contributed by atoms with Gasteiger partial charge in [0.15, 0.2) is 0 Å². The van der Waals surface area contributed by atoms with Crippen molar-refractivity contribution in [1.29, 1.82) is 0 Å². The lowest BCUT2D eigenvalue weighted by molar-refractivity contribution is 0.130. The van der Waals surface area contributed by atoms with E-state index in [-0.39, 0.29) is 0 Å². The number of hydrogen-bond acceptors (Lipinski definition) is 1. The third-order valence-electron chi connectivity index (χ3n) is 3.39. The van der Waals surface area contributed by atoms with Crippen molar-refractivity contribution in [3.05, 3.63) is 6.92 Å². The molecule has 0 rings (SSSR count). The fourth-order valence-corrected chi connectivity index (χ4v) is 2.22. The summed E-state index contributed by atoms with van der Waals surface area (Å²) in [6.45, 7) is 7.95. The second kappa shape index (κ2) is 17.0. The molecule has 0 aromatic rings. The van der Waals surface area contributed by atoms with Gasteiger partial charge in [-0.05, 0) is 12.8 Å². The third-order valence-corrected chi connectivity index (χ3v) is 3.39. The van der Waals surface area contributed by atoms with Gasteiger partial charge in [-0.2, -0.15) is 0 Å². The molecule has 0 atom stereocenters. The molecule has 0 saturated carbocycles. The Morgan fingerprint density at radius 1 is 0.611 bits per heavy atom. The van der Waals surface area contributed by atoms with Crippen molar-refractivity contribution in [3.8, 4) is 0 Å². The van der Waals surface area contributed by atoms with E-state index in [0.29, 0.717) is 0 Å². The van der Waals surface area contributed by atoms with E-state index in [1.807, 2.05) is 0 Å². The molecule has 1 heteroatoms. The quantitative estimate of drug-likeness (QED) is 0.330. The smallest absolute Gasteiger partial charge is 0.0466 e. The lowest BCUT2D eigenvalue weighted by atomic mass is 10.1. The SMILES string of the molecule is [CH2]CCCCCCCCCCCCCOCCC. The van der Waals surface area contributed by atoms with Gasteiger partial charge in [0.1, 0.15) is 0 Å². The van der Waals surface area contributed by atoms with Crippen LogP contribution in [0.4, 0.5) is 0 Å². The highest BCUT2D eigenvalue weighted by atomic mass is 16.5. The van der Waals surface area contributed by atoms with Crippen LogP contribution in [0.25, 0.3) is 0 Å². The minimum atomic E-state index is 0.939. The summed E-state index contributed by atoms with van der Waals surface area (Å²) in [6.07, 6.45) is 17.6. The van der Waals surface area contributed by atoms with E-state index in [4.69, 9.17) is 4.74 Å². The molecule has 1 radical (unpaired) electrons. The van der Waals surface area contributed by atoms with Crippen LogP contribution in [0.15, 0.2) is 0 Å². The highest BCUT2D eigenvalue weighted by Gasteiger charge is 1.93. The minimum absolute atomic E-state index is 0.939. The highest BCUT2D eigenvalue weighted by molar-refractivity contribution is 4.49. The van der Waals surface area contributed by atoms with E-state index in [1.54, 1.807) is 0 Å². The van der Waals surface area contributed by atoms with Gasteiger partial charge in [-0.25, -0.2) is 0 Å². The number of ether oxygens (including phenoxy) is 1. The maximum Gasteiger partial charge on any atom is 0.0466 e. The molecule has 0 heterocycles. The van der Waals surface area contributed by atoms with E-state index in [1.165, 1.54) is 70.6 Å². The zero-order chi connectivity index (χ0) is 13.3. The fourth-order valence-electron chi connectivity index (χ4n) is 2.22. The number of rotatable bonds is 15. The minimum Gasteiger partial charge on any atom is -0.381 e. The molecule has 0 aliphatic rings. The Morgan fingerprint density at radius 3 is 1.50 bits per heavy atom. The molecule has 0 aliphatic carbocycles. The van der Waals surface area contributed by atoms with Gasteiger partial charge < -0.3 is 4.74 Å². The van der Waals surface area contributed by atoms with Crippen LogP contribution in [-0.4, -0.2) is 13.2 Å². The maximum absolute atomic E-state index is 5.47. The van der Waals surface area contributed by atoms with Gasteiger partial charge in [0.05, 0.1) is 0 Å². The Hall–Kier alpha value is -0.0400. The molecular formula is C17H35O. The van der Waals surface area contributed by atoms with E-state index in [0.717, 1.165) is 26.1 Å². The Bertz CT molecular complexity index is 118. The van der Waals surface area contributed by atoms with Crippen molar-refractivity contribution in [3.63, 3.8) is 0 Å². The molecular weight excluding hydrogens is 220 g/mol. The zero-order valence-electron chi connectivity index (χ0n) is 12.7. The highest BCUT2D eigenvalue weighted by Crippen LogP contribution is 2.11. The van der Waals surface area contributed by atoms with E-state index < -0.39 is 0 Å². The normalized spacial score (nSPS) is 11.0. The summed E-state index contributed by atoms with van der Waals surface area (Å²) < 4.78 is 5.47. The number of hydrogen-bond donors (Lipinski definition) is 0. The van der Waals surface area contributed by atoms with Crippen molar-refractivity contribution in [2.75, 3.05) is 13.2 Å². The second-order valence-electron chi connectivity index (χ2n) is 5.36. The summed E-state index contributed by atoms with van der Waals surface area (Å²) in [5.74, 6) is 0. The topological polar surface area (TPSA) is 9.23 Å². The van der Waals surface area contributed by atoms with Crippen LogP contribution in [0.2, 0.25) is 0 Å². The molecule has 109 valence electrons. The van der Waals surface area contributed by atoms with Gasteiger partial charge in [-0.3, -0.25) is 0 Å². The molecule has 0 saturated heterocycles. The first-order valence-corrected chi connectivity index (χ1v) is 8.28. The van der Waals surface area contributed by atoms with Crippen LogP contribution >= 0.6 is 0 Å². The Morgan fingerprint density at radius 2 is 1.06 bits per heavy atom. The third kappa shape index (κ3) is 16.0. The lowest BCUT2D eigenvalue weighted by Gasteiger charge is -2.03. The molecule has 0 fully saturated rings. The average molecular weight is 255 g/mol. The molecule has 18 heavy (non-hydrogen) atoms. The first-order valence-electron chi connectivity index (χ1n) is 8.28. The van der Waals surface area contributed by atoms with Crippen LogP contribution in [0.3, 0.4) is 0 Å². The van der Waals surface area contributed by atoms with Crippen molar-refractivity contribution < 1.29 is 4.74 Å². The predicted molar refractivity (Wildman–Crippen MR) is 81.9 cm³/mol. The monoisotopic (exact) mass is 255 g/mol. The van der Waals surface area contributed by atoms with Gasteiger partial charge in [-0.15, -0.1) is 0 Å². The van der Waals surface area contributed by atoms with Gasteiger partial charge >= 0.3 is 0 Å². The Kier molecular flexibility index (Phi) is 16.9. The zero-order valence-corrected chi connectivity index (χ0v) is 12.7. The van der Waals surface area contributed by atoms with Crippen molar-refractivity contribution in [1.82, 2.24) is 0 Å². The Balaban J connectivity index is 2.86. The summed E-state index contributed by atoms with van der Waals surface area (Å²) in [4.78, 5) is 0. The van der Waals surface area contributed by atoms with E-state index >= 15 is 0 Å². The average Bonchev–Trinajstić information content (AvgIpc) is 2.39. The summed E-state index contributed by atoms with van der Waals surface area (Å²) >= 11 is 0. The van der Waals surface area contributed by atoms with Crippen LogP contribution in [0, 0.1) is 6.92 Å². The number of unbranched alkanes of at least 4 members (excludes halogenated alkanes) is 11. The first kappa shape index (κ1) is 18.0. The van der Waals surface area contributed by atoms with Gasteiger partial charge in [0.2, 0.25) is 0 Å². The van der Waals surface area contributed by atoms with E-state index in [2.05, 4.69) is 13.8 Å². The standard InChI is InChI=1S/C17H35O/c1-3-5-6-7-8-9-10-11-12-13-14-15-17-18-16-4-2/h1,3-17H2,2H3. The summed E-state index contributed by atoms with van der Waals surface area (Å²) in [7, 11) is 0.